The van der Waals surface area contributed by atoms with Crippen molar-refractivity contribution in [1.29, 1.82) is 0 Å². The van der Waals surface area contributed by atoms with E-state index in [2.05, 4.69) is 49.4 Å². The van der Waals surface area contributed by atoms with E-state index in [0.29, 0.717) is 0 Å². The van der Waals surface area contributed by atoms with Gasteiger partial charge >= 0.3 is 0 Å². The number of aliphatic hydroxyl groups excluding tert-OH is 1. The number of hydrogen-bond acceptors (Lipinski definition) is 3. The van der Waals surface area contributed by atoms with Crippen LogP contribution in [-0.4, -0.2) is 22.2 Å². The number of benzene rings is 1. The second-order valence-electron chi connectivity index (χ2n) is 5.28. The predicted molar refractivity (Wildman–Crippen MR) is 83.3 cm³/mol. The Labute approximate surface area is 116 Å². The molecule has 0 saturated heterocycles. The zero-order valence-electron chi connectivity index (χ0n) is 12.1. The maximum absolute atomic E-state index is 8.06. The average Bonchev–Trinajstić information content (AvgIpc) is 2.24. The predicted octanol–water partition coefficient (Wildman–Crippen LogP) is 4.13. The molecule has 0 atom stereocenters. The minimum absolute atomic E-state index is 0.167. The van der Waals surface area contributed by atoms with Gasteiger partial charge in [-0.05, 0) is 52.1 Å². The quantitative estimate of drug-likeness (QED) is 0.659. The Kier molecular flexibility index (Phi) is 8.77. The molecule has 0 bridgehead atoms. The maximum Gasteiger partial charge on any atom is 0.0483 e. The lowest BCUT2D eigenvalue weighted by Gasteiger charge is -2.12. The summed E-state index contributed by atoms with van der Waals surface area (Å²) in [6, 6.07) is 10.4. The fraction of sp³-hybridized carbons (Fsp3) is 0.533. The zero-order chi connectivity index (χ0) is 14.0. The van der Waals surface area contributed by atoms with Gasteiger partial charge in [0.2, 0.25) is 0 Å². The molecular weight excluding hydrogens is 242 g/mol. The second-order valence-corrected chi connectivity index (χ2v) is 6.89. The first-order valence-electron chi connectivity index (χ1n) is 6.23. The molecule has 0 heterocycles. The molecular formula is C15H25NOS. The minimum atomic E-state index is -0.167. The van der Waals surface area contributed by atoms with Gasteiger partial charge < -0.3 is 5.11 Å². The molecule has 1 rings (SSSR count). The van der Waals surface area contributed by atoms with Crippen LogP contribution in [0.1, 0.15) is 40.2 Å². The van der Waals surface area contributed by atoms with E-state index >= 15 is 0 Å². The third-order valence-corrected chi connectivity index (χ3v) is 2.37. The summed E-state index contributed by atoms with van der Waals surface area (Å²) in [5.74, 6) is 0. The molecule has 1 aromatic rings. The first-order valence-corrected chi connectivity index (χ1v) is 7.00. The molecule has 1 aromatic carbocycles. The molecule has 0 aliphatic heterocycles. The van der Waals surface area contributed by atoms with Crippen LogP contribution in [0, 0.1) is 0 Å². The maximum atomic E-state index is 8.06. The van der Waals surface area contributed by atoms with E-state index in [1.165, 1.54) is 5.56 Å². The number of rotatable bonds is 3. The summed E-state index contributed by atoms with van der Waals surface area (Å²) in [7, 11) is 0. The molecule has 0 aliphatic carbocycles. The molecule has 0 radical (unpaired) electrons. The Hall–Kier alpha value is -0.800. The van der Waals surface area contributed by atoms with Crippen molar-refractivity contribution in [2.75, 3.05) is 0 Å². The highest BCUT2D eigenvalue weighted by atomic mass is 32.2. The zero-order valence-corrected chi connectivity index (χ0v) is 12.9. The van der Waals surface area contributed by atoms with Gasteiger partial charge in [-0.25, -0.2) is 4.40 Å². The molecule has 1 N–H and O–H groups in total. The van der Waals surface area contributed by atoms with Gasteiger partial charge in [-0.15, -0.1) is 0 Å². The first-order chi connectivity index (χ1) is 8.31. The van der Waals surface area contributed by atoms with Gasteiger partial charge in [0.25, 0.3) is 0 Å². The van der Waals surface area contributed by atoms with Gasteiger partial charge in [0, 0.05) is 23.5 Å². The largest absolute Gasteiger partial charge is 0.394 e. The summed E-state index contributed by atoms with van der Waals surface area (Å²) in [4.78, 5) is 0. The Bertz CT molecular complexity index is 325. The molecule has 0 aliphatic rings. The highest BCUT2D eigenvalue weighted by Crippen LogP contribution is 2.23. The summed E-state index contributed by atoms with van der Waals surface area (Å²) in [5, 5.41) is 8.06. The van der Waals surface area contributed by atoms with Crippen molar-refractivity contribution in [1.82, 2.24) is 0 Å². The van der Waals surface area contributed by atoms with E-state index in [-0.39, 0.29) is 10.9 Å². The van der Waals surface area contributed by atoms with Crippen LogP contribution < -0.4 is 0 Å². The van der Waals surface area contributed by atoms with E-state index in [1.807, 2.05) is 12.3 Å². The van der Waals surface area contributed by atoms with Crippen LogP contribution in [-0.2, 0) is 6.42 Å². The van der Waals surface area contributed by atoms with Crippen molar-refractivity contribution in [3.05, 3.63) is 35.9 Å². The third-order valence-electron chi connectivity index (χ3n) is 1.57. The van der Waals surface area contributed by atoms with Gasteiger partial charge in [0.15, 0.2) is 0 Å². The minimum Gasteiger partial charge on any atom is -0.394 e. The fourth-order valence-electron chi connectivity index (χ4n) is 0.952. The van der Waals surface area contributed by atoms with Crippen molar-refractivity contribution in [2.24, 2.45) is 4.40 Å². The van der Waals surface area contributed by atoms with Crippen molar-refractivity contribution in [2.45, 2.75) is 51.9 Å². The molecule has 3 heteroatoms. The lowest BCUT2D eigenvalue weighted by atomic mass is 10.2. The standard InChI is InChI=1S/C12H17NS.C3H8O/c1-12(2,3)14-13-10-9-11-7-5-4-6-8-11;1-3(2)4/h4-8,10H,9H2,1-3H3;3-4H,1-2H3/b13-10+;. The molecule has 18 heavy (non-hydrogen) atoms. The van der Waals surface area contributed by atoms with Crippen LogP contribution in [0.25, 0.3) is 0 Å². The topological polar surface area (TPSA) is 32.6 Å². The van der Waals surface area contributed by atoms with Crippen LogP contribution in [0.2, 0.25) is 0 Å². The average molecular weight is 267 g/mol. The number of hydrogen-bond donors (Lipinski definition) is 1. The lowest BCUT2D eigenvalue weighted by molar-refractivity contribution is 0.216. The molecule has 0 amide bonds. The van der Waals surface area contributed by atoms with Crippen molar-refractivity contribution in [3.8, 4) is 0 Å². The monoisotopic (exact) mass is 267 g/mol. The van der Waals surface area contributed by atoms with Gasteiger partial charge in [0.1, 0.15) is 0 Å². The van der Waals surface area contributed by atoms with Crippen LogP contribution >= 0.6 is 11.9 Å². The summed E-state index contributed by atoms with van der Waals surface area (Å²) in [5.41, 5.74) is 1.31. The van der Waals surface area contributed by atoms with Crippen molar-refractivity contribution >= 4 is 18.2 Å². The molecule has 0 unspecified atom stereocenters. The van der Waals surface area contributed by atoms with Gasteiger partial charge in [0.05, 0.1) is 0 Å². The molecule has 0 fully saturated rings. The van der Waals surface area contributed by atoms with E-state index in [9.17, 15) is 0 Å². The molecule has 102 valence electrons. The molecule has 0 spiro atoms. The van der Waals surface area contributed by atoms with Crippen LogP contribution in [0.15, 0.2) is 34.7 Å². The van der Waals surface area contributed by atoms with Crippen LogP contribution in [0.3, 0.4) is 0 Å². The van der Waals surface area contributed by atoms with E-state index in [1.54, 1.807) is 25.8 Å². The smallest absolute Gasteiger partial charge is 0.0483 e. The summed E-state index contributed by atoms with van der Waals surface area (Å²) >= 11 is 1.62. The molecule has 0 aromatic heterocycles. The first kappa shape index (κ1) is 17.2. The Morgan fingerprint density at radius 1 is 1.22 bits per heavy atom. The van der Waals surface area contributed by atoms with Crippen molar-refractivity contribution in [3.63, 3.8) is 0 Å². The lowest BCUT2D eigenvalue weighted by Crippen LogP contribution is -2.05. The van der Waals surface area contributed by atoms with E-state index in [4.69, 9.17) is 5.11 Å². The number of aliphatic hydroxyl groups is 1. The van der Waals surface area contributed by atoms with Crippen molar-refractivity contribution < 1.29 is 5.11 Å². The third kappa shape index (κ3) is 13.3. The second kappa shape index (κ2) is 9.17. The molecule has 0 saturated carbocycles. The van der Waals surface area contributed by atoms with E-state index in [0.717, 1.165) is 6.42 Å². The summed E-state index contributed by atoms with van der Waals surface area (Å²) in [6.45, 7) is 9.94. The Balaban J connectivity index is 0.000000631. The Morgan fingerprint density at radius 3 is 2.17 bits per heavy atom. The SMILES string of the molecule is CC(C)(C)S/N=C/Cc1ccccc1.CC(C)O. The van der Waals surface area contributed by atoms with E-state index < -0.39 is 0 Å². The van der Waals surface area contributed by atoms with Crippen LogP contribution in [0.4, 0.5) is 0 Å². The normalized spacial score (nSPS) is 11.5. The van der Waals surface area contributed by atoms with Gasteiger partial charge in [-0.1, -0.05) is 30.3 Å². The molecule has 2 nitrogen and oxygen atoms in total. The number of nitrogens with zero attached hydrogens (tertiary/aromatic N) is 1. The Morgan fingerprint density at radius 2 is 1.72 bits per heavy atom. The summed E-state index contributed by atoms with van der Waals surface area (Å²) in [6.07, 6.45) is 2.73. The highest BCUT2D eigenvalue weighted by Gasteiger charge is 2.08. The fourth-order valence-corrected chi connectivity index (χ4v) is 1.42. The highest BCUT2D eigenvalue weighted by molar-refractivity contribution is 7.99. The van der Waals surface area contributed by atoms with Gasteiger partial charge in [-0.2, -0.15) is 0 Å². The summed E-state index contributed by atoms with van der Waals surface area (Å²) < 4.78 is 4.55. The van der Waals surface area contributed by atoms with Gasteiger partial charge in [-0.3, -0.25) is 0 Å². The van der Waals surface area contributed by atoms with Crippen LogP contribution in [0.5, 0.6) is 0 Å².